The van der Waals surface area contributed by atoms with Gasteiger partial charge in [-0.05, 0) is 31.4 Å². The maximum absolute atomic E-state index is 13.9. The van der Waals surface area contributed by atoms with Crippen molar-refractivity contribution in [2.45, 2.75) is 67.3 Å². The minimum atomic E-state index is -1.95. The smallest absolute Gasteiger partial charge is 0.410 e. The van der Waals surface area contributed by atoms with E-state index in [1.165, 1.54) is 18.9 Å². The number of alkyl halides is 3. The van der Waals surface area contributed by atoms with Gasteiger partial charge in [0.1, 0.15) is 31.1 Å². The monoisotopic (exact) mass is 697 g/mol. The molecule has 2 aromatic rings. The van der Waals surface area contributed by atoms with Crippen molar-refractivity contribution in [2.24, 2.45) is 0 Å². The Hall–Kier alpha value is -3.54. The molecule has 6 atom stereocenters. The van der Waals surface area contributed by atoms with Gasteiger partial charge in [-0.1, -0.05) is 40.9 Å². The summed E-state index contributed by atoms with van der Waals surface area (Å²) >= 11 is 17.7. The van der Waals surface area contributed by atoms with Crippen LogP contribution in [0.5, 0.6) is 28.7 Å². The number of aliphatic hydroxyl groups excluding tert-OH is 1. The van der Waals surface area contributed by atoms with E-state index < -0.39 is 58.8 Å². The van der Waals surface area contributed by atoms with E-state index >= 15 is 0 Å². The molecule has 0 aliphatic carbocycles. The first kappa shape index (κ1) is 32.4. The lowest BCUT2D eigenvalue weighted by molar-refractivity contribution is -0.151. The number of rotatable bonds is 4. The highest BCUT2D eigenvalue weighted by Crippen LogP contribution is 2.61. The first-order chi connectivity index (χ1) is 21.7. The van der Waals surface area contributed by atoms with Crippen molar-refractivity contribution < 1.29 is 48.6 Å². The summed E-state index contributed by atoms with van der Waals surface area (Å²) in [6.07, 6.45) is -2.49. The highest BCUT2D eigenvalue weighted by atomic mass is 35.6. The second kappa shape index (κ2) is 11.6. The van der Waals surface area contributed by atoms with E-state index in [9.17, 15) is 30.2 Å². The fourth-order valence-corrected chi connectivity index (χ4v) is 7.59. The van der Waals surface area contributed by atoms with Crippen LogP contribution in [0.4, 0.5) is 4.79 Å². The lowest BCUT2D eigenvalue weighted by Gasteiger charge is -2.60. The summed E-state index contributed by atoms with van der Waals surface area (Å²) < 4.78 is 25.9. The highest BCUT2D eigenvalue weighted by Gasteiger charge is 2.62. The molecule has 0 spiro atoms. The standard InChI is InChI=1S/C30H30Cl3N3O10/c1-11-5-14-6-15-16(7-34)35-17(8-43-13(3)37)19-20(23(38)12(2)27-28(19)46-10-45-27)24(39)22(35)21(18(14)25(40)26(11)42-4)36(15)29(41)44-9-30(31,32)33/h5,15-17,21-22,24,38-40H,6,8-10H2,1-4H3/t15-,16-,17-,21+,22+,24+/m0/s1. The third-order valence-electron chi connectivity index (χ3n) is 9.06. The van der Waals surface area contributed by atoms with Crippen LogP contribution in [-0.2, 0) is 20.7 Å². The predicted octanol–water partition coefficient (Wildman–Crippen LogP) is 4.15. The largest absolute Gasteiger partial charge is 0.507 e. The van der Waals surface area contributed by atoms with Crippen LogP contribution in [0.25, 0.3) is 0 Å². The molecule has 1 saturated heterocycles. The van der Waals surface area contributed by atoms with Crippen LogP contribution >= 0.6 is 34.8 Å². The van der Waals surface area contributed by atoms with Crippen LogP contribution in [-0.4, -0.2) is 86.2 Å². The number of aromatic hydroxyl groups is 2. The number of amides is 1. The molecule has 0 unspecified atom stereocenters. The molecule has 0 saturated carbocycles. The molecule has 46 heavy (non-hydrogen) atoms. The second-order valence-electron chi connectivity index (χ2n) is 11.6. The summed E-state index contributed by atoms with van der Waals surface area (Å²) in [5, 5.41) is 46.2. The Morgan fingerprint density at radius 2 is 1.80 bits per heavy atom. The fraction of sp³-hybridized carbons (Fsp3) is 0.500. The number of carbonyl (C=O) groups is 2. The number of hydrogen-bond acceptors (Lipinski definition) is 12. The van der Waals surface area contributed by atoms with Crippen molar-refractivity contribution in [1.29, 1.82) is 5.26 Å². The number of aliphatic hydroxyl groups is 1. The minimum absolute atomic E-state index is 0.0376. The molecular weight excluding hydrogens is 669 g/mol. The quantitative estimate of drug-likeness (QED) is 0.308. The molecule has 4 heterocycles. The molecule has 246 valence electrons. The number of halogens is 3. The zero-order valence-electron chi connectivity index (χ0n) is 25.0. The number of phenolic OH excluding ortho intramolecular Hbond substituents is 2. The van der Waals surface area contributed by atoms with Gasteiger partial charge in [-0.3, -0.25) is 14.6 Å². The fourth-order valence-electron chi connectivity index (χ4n) is 7.43. The topological polar surface area (TPSA) is 171 Å². The summed E-state index contributed by atoms with van der Waals surface area (Å²) in [4.78, 5) is 28.9. The van der Waals surface area contributed by atoms with E-state index in [0.29, 0.717) is 16.7 Å². The van der Waals surface area contributed by atoms with Crippen molar-refractivity contribution in [1.82, 2.24) is 9.80 Å². The average Bonchev–Trinajstić information content (AvgIpc) is 3.47. The number of piperazine rings is 1. The second-order valence-corrected chi connectivity index (χ2v) is 14.1. The van der Waals surface area contributed by atoms with Gasteiger partial charge in [0, 0.05) is 29.2 Å². The predicted molar refractivity (Wildman–Crippen MR) is 161 cm³/mol. The normalized spacial score (nSPS) is 25.9. The number of hydrogen-bond donors (Lipinski definition) is 3. The highest BCUT2D eigenvalue weighted by molar-refractivity contribution is 6.67. The third-order valence-corrected chi connectivity index (χ3v) is 9.39. The first-order valence-electron chi connectivity index (χ1n) is 14.3. The molecule has 1 fully saturated rings. The van der Waals surface area contributed by atoms with Crippen molar-refractivity contribution in [2.75, 3.05) is 27.1 Å². The van der Waals surface area contributed by atoms with Gasteiger partial charge in [-0.15, -0.1) is 0 Å². The van der Waals surface area contributed by atoms with Crippen LogP contribution in [0.15, 0.2) is 6.07 Å². The number of fused-ring (bicyclic) bond motifs is 9. The molecule has 0 radical (unpaired) electrons. The van der Waals surface area contributed by atoms with E-state index in [4.69, 9.17) is 58.5 Å². The van der Waals surface area contributed by atoms with Gasteiger partial charge >= 0.3 is 12.1 Å². The molecule has 13 nitrogen and oxygen atoms in total. The Balaban J connectivity index is 1.64. The third kappa shape index (κ3) is 4.89. The Morgan fingerprint density at radius 1 is 1.11 bits per heavy atom. The summed E-state index contributed by atoms with van der Waals surface area (Å²) in [5.41, 5.74) is 2.06. The molecule has 0 aromatic heterocycles. The Kier molecular flexibility index (Phi) is 8.18. The zero-order chi connectivity index (χ0) is 33.4. The van der Waals surface area contributed by atoms with Gasteiger partial charge in [0.05, 0.1) is 37.3 Å². The maximum Gasteiger partial charge on any atom is 0.410 e. The zero-order valence-corrected chi connectivity index (χ0v) is 27.3. The van der Waals surface area contributed by atoms with Crippen LogP contribution in [0.3, 0.4) is 0 Å². The number of ether oxygens (including phenoxy) is 5. The summed E-state index contributed by atoms with van der Waals surface area (Å²) in [5.74, 6) is -0.573. The van der Waals surface area contributed by atoms with Crippen LogP contribution < -0.4 is 14.2 Å². The van der Waals surface area contributed by atoms with Gasteiger partial charge in [0.25, 0.3) is 0 Å². The maximum atomic E-state index is 13.9. The molecule has 16 heteroatoms. The Labute approximate surface area is 278 Å². The van der Waals surface area contributed by atoms with E-state index in [1.807, 2.05) is 0 Å². The molecule has 2 bridgehead atoms. The number of methoxy groups -OCH3 is 1. The molecule has 1 amide bonds. The van der Waals surface area contributed by atoms with Crippen molar-refractivity contribution >= 4 is 46.9 Å². The van der Waals surface area contributed by atoms with E-state index in [1.54, 1.807) is 24.8 Å². The van der Waals surface area contributed by atoms with E-state index in [0.717, 1.165) is 0 Å². The summed E-state index contributed by atoms with van der Waals surface area (Å²) in [6.45, 7) is 3.46. The molecule has 2 aromatic carbocycles. The van der Waals surface area contributed by atoms with Crippen molar-refractivity contribution in [3.8, 4) is 34.8 Å². The lowest BCUT2D eigenvalue weighted by atomic mass is 9.70. The molecule has 3 N–H and O–H groups in total. The number of esters is 1. The number of benzene rings is 2. The van der Waals surface area contributed by atoms with Gasteiger partial charge in [-0.2, -0.15) is 5.26 Å². The van der Waals surface area contributed by atoms with Gasteiger partial charge in [-0.25, -0.2) is 4.79 Å². The van der Waals surface area contributed by atoms with E-state index in [-0.39, 0.29) is 65.3 Å². The number of carbonyl (C=O) groups excluding carboxylic acids is 2. The van der Waals surface area contributed by atoms with Crippen LogP contribution in [0.1, 0.15) is 58.5 Å². The van der Waals surface area contributed by atoms with Gasteiger partial charge in [0.15, 0.2) is 23.0 Å². The molecule has 4 aliphatic rings. The van der Waals surface area contributed by atoms with E-state index in [2.05, 4.69) is 6.07 Å². The van der Waals surface area contributed by atoms with Gasteiger partial charge in [0.2, 0.25) is 10.6 Å². The number of nitriles is 1. The van der Waals surface area contributed by atoms with Crippen LogP contribution in [0, 0.1) is 25.2 Å². The van der Waals surface area contributed by atoms with Gasteiger partial charge < -0.3 is 39.0 Å². The number of nitrogens with zero attached hydrogens (tertiary/aromatic N) is 3. The number of phenols is 2. The summed E-state index contributed by atoms with van der Waals surface area (Å²) in [7, 11) is 1.39. The van der Waals surface area contributed by atoms with Crippen molar-refractivity contribution in [3.63, 3.8) is 0 Å². The molecule has 6 rings (SSSR count). The minimum Gasteiger partial charge on any atom is -0.507 e. The molecular formula is C30H30Cl3N3O10. The molecule has 4 aliphatic heterocycles. The summed E-state index contributed by atoms with van der Waals surface area (Å²) in [6, 6.07) is -1.40. The lowest BCUT2D eigenvalue weighted by Crippen LogP contribution is -2.71. The Bertz CT molecular complexity index is 1680. The van der Waals surface area contributed by atoms with Crippen molar-refractivity contribution in [3.05, 3.63) is 39.4 Å². The van der Waals surface area contributed by atoms with Crippen LogP contribution in [0.2, 0.25) is 0 Å². The number of aryl methyl sites for hydroxylation is 1. The Morgan fingerprint density at radius 3 is 2.43 bits per heavy atom. The first-order valence-corrected chi connectivity index (χ1v) is 15.4. The SMILES string of the molecule is COc1c(C)cc2c(c1O)[C@@H]1[C@@H]3[C@H](O)c4c(O)c(C)c5c(c4[C@H](COC(C)=O)N3[C@@H](C#N)[C@H](C2)N1C(=O)OCC(Cl)(Cl)Cl)OCO5. The average molecular weight is 699 g/mol.